The summed E-state index contributed by atoms with van der Waals surface area (Å²) in [5.41, 5.74) is 1.48. The van der Waals surface area contributed by atoms with Gasteiger partial charge >= 0.3 is 0 Å². The summed E-state index contributed by atoms with van der Waals surface area (Å²) in [6, 6.07) is 9.66. The molecule has 1 heterocycles. The van der Waals surface area contributed by atoms with E-state index < -0.39 is 0 Å². The number of hydrogen-bond acceptors (Lipinski definition) is 3. The lowest BCUT2D eigenvalue weighted by Gasteiger charge is -2.02. The van der Waals surface area contributed by atoms with Crippen molar-refractivity contribution in [2.45, 2.75) is 19.3 Å². The van der Waals surface area contributed by atoms with E-state index in [0.717, 1.165) is 24.9 Å². The summed E-state index contributed by atoms with van der Waals surface area (Å²) in [4.78, 5) is 11.9. The molecule has 106 valence electrons. The number of nitrogens with one attached hydrogen (secondary N) is 1. The minimum atomic E-state index is -0.115. The van der Waals surface area contributed by atoms with Crippen LogP contribution >= 0.6 is 0 Å². The molecule has 0 fully saturated rings. The number of aromatic nitrogens is 2. The first-order chi connectivity index (χ1) is 9.81. The van der Waals surface area contributed by atoms with E-state index in [4.69, 9.17) is 5.11 Å². The van der Waals surface area contributed by atoms with Crippen molar-refractivity contribution in [3.8, 4) is 5.69 Å². The fraction of sp³-hybridized carbons (Fsp3) is 0.333. The summed E-state index contributed by atoms with van der Waals surface area (Å²) in [6.45, 7) is 0.827. The Morgan fingerprint density at radius 2 is 2.00 bits per heavy atom. The number of aliphatic hydroxyl groups is 1. The van der Waals surface area contributed by atoms with Crippen LogP contribution in [0.2, 0.25) is 0 Å². The van der Waals surface area contributed by atoms with Crippen molar-refractivity contribution in [1.29, 1.82) is 0 Å². The molecule has 0 atom stereocenters. The van der Waals surface area contributed by atoms with Gasteiger partial charge in [0.2, 0.25) is 0 Å². The van der Waals surface area contributed by atoms with Crippen molar-refractivity contribution in [3.63, 3.8) is 0 Å². The van der Waals surface area contributed by atoms with Crippen LogP contribution in [0.5, 0.6) is 0 Å². The summed E-state index contributed by atoms with van der Waals surface area (Å²) in [6.07, 6.45) is 5.86. The Labute approximate surface area is 118 Å². The summed E-state index contributed by atoms with van der Waals surface area (Å²) >= 11 is 0. The molecule has 1 amide bonds. The second-order valence-corrected chi connectivity index (χ2v) is 4.55. The Bertz CT molecular complexity index is 537. The Kier molecular flexibility index (Phi) is 5.32. The van der Waals surface area contributed by atoms with E-state index >= 15 is 0 Å². The van der Waals surface area contributed by atoms with Gasteiger partial charge in [0.25, 0.3) is 5.91 Å². The van der Waals surface area contributed by atoms with Crippen LogP contribution in [0, 0.1) is 0 Å². The number of benzene rings is 1. The number of amides is 1. The lowest BCUT2D eigenvalue weighted by Crippen LogP contribution is -2.24. The maximum Gasteiger partial charge on any atom is 0.254 e. The normalized spacial score (nSPS) is 10.4. The zero-order valence-electron chi connectivity index (χ0n) is 11.3. The second-order valence-electron chi connectivity index (χ2n) is 4.55. The molecule has 0 saturated heterocycles. The number of carbonyl (C=O) groups excluding carboxylic acids is 1. The van der Waals surface area contributed by atoms with Crippen LogP contribution in [0.1, 0.15) is 29.6 Å². The van der Waals surface area contributed by atoms with Crippen molar-refractivity contribution in [1.82, 2.24) is 15.1 Å². The summed E-state index contributed by atoms with van der Waals surface area (Å²) < 4.78 is 1.68. The standard InChI is InChI=1S/C15H19N3O2/c19-10-6-2-5-9-16-15(20)13-11-17-18(12-13)14-7-3-1-4-8-14/h1,3-4,7-8,11-12,19H,2,5-6,9-10H2,(H,16,20). The molecule has 0 unspecified atom stereocenters. The minimum Gasteiger partial charge on any atom is -0.396 e. The Balaban J connectivity index is 1.87. The summed E-state index contributed by atoms with van der Waals surface area (Å²) in [5.74, 6) is -0.115. The predicted octanol–water partition coefficient (Wildman–Crippen LogP) is 1.76. The van der Waals surface area contributed by atoms with Crippen molar-refractivity contribution in [2.24, 2.45) is 0 Å². The number of aliphatic hydroxyl groups excluding tert-OH is 1. The van der Waals surface area contributed by atoms with Crippen LogP contribution in [0.4, 0.5) is 0 Å². The topological polar surface area (TPSA) is 67.2 Å². The molecule has 0 radical (unpaired) electrons. The third kappa shape index (κ3) is 3.93. The van der Waals surface area contributed by atoms with Gasteiger partial charge in [0.05, 0.1) is 17.4 Å². The molecule has 2 rings (SSSR count). The molecule has 1 aromatic carbocycles. The molecule has 0 bridgehead atoms. The molecule has 20 heavy (non-hydrogen) atoms. The van der Waals surface area contributed by atoms with Crippen LogP contribution < -0.4 is 5.32 Å². The maximum atomic E-state index is 11.9. The number of carbonyl (C=O) groups is 1. The fourth-order valence-corrected chi connectivity index (χ4v) is 1.88. The van der Waals surface area contributed by atoms with Crippen LogP contribution in [0.15, 0.2) is 42.7 Å². The highest BCUT2D eigenvalue weighted by Gasteiger charge is 2.08. The number of unbranched alkanes of at least 4 members (excludes halogenated alkanes) is 2. The molecule has 2 aromatic rings. The number of nitrogens with zero attached hydrogens (tertiary/aromatic N) is 2. The highest BCUT2D eigenvalue weighted by atomic mass is 16.2. The Morgan fingerprint density at radius 1 is 1.20 bits per heavy atom. The average molecular weight is 273 g/mol. The first kappa shape index (κ1) is 14.3. The lowest BCUT2D eigenvalue weighted by atomic mass is 10.2. The summed E-state index contributed by atoms with van der Waals surface area (Å²) in [7, 11) is 0. The molecule has 1 aromatic heterocycles. The third-order valence-electron chi connectivity index (χ3n) is 2.99. The molecular weight excluding hydrogens is 254 g/mol. The van der Waals surface area contributed by atoms with Crippen molar-refractivity contribution >= 4 is 5.91 Å². The highest BCUT2D eigenvalue weighted by Crippen LogP contribution is 2.07. The number of hydrogen-bond donors (Lipinski definition) is 2. The van der Waals surface area contributed by atoms with Gasteiger partial charge in [0, 0.05) is 19.3 Å². The van der Waals surface area contributed by atoms with Gasteiger partial charge in [-0.2, -0.15) is 5.10 Å². The lowest BCUT2D eigenvalue weighted by molar-refractivity contribution is 0.0953. The predicted molar refractivity (Wildman–Crippen MR) is 76.8 cm³/mol. The first-order valence-corrected chi connectivity index (χ1v) is 6.80. The monoisotopic (exact) mass is 273 g/mol. The van der Waals surface area contributed by atoms with E-state index in [1.54, 1.807) is 17.1 Å². The maximum absolute atomic E-state index is 11.9. The zero-order valence-corrected chi connectivity index (χ0v) is 11.3. The minimum absolute atomic E-state index is 0.115. The van der Waals surface area contributed by atoms with Crippen molar-refractivity contribution in [2.75, 3.05) is 13.2 Å². The molecule has 0 spiro atoms. The Hall–Kier alpha value is -2.14. The van der Waals surface area contributed by atoms with Gasteiger partial charge in [-0.05, 0) is 31.4 Å². The largest absolute Gasteiger partial charge is 0.396 e. The van der Waals surface area contributed by atoms with E-state index in [-0.39, 0.29) is 12.5 Å². The van der Waals surface area contributed by atoms with Gasteiger partial charge in [-0.3, -0.25) is 4.79 Å². The van der Waals surface area contributed by atoms with Gasteiger partial charge in [-0.25, -0.2) is 4.68 Å². The van der Waals surface area contributed by atoms with E-state index in [0.29, 0.717) is 12.1 Å². The fourth-order valence-electron chi connectivity index (χ4n) is 1.88. The van der Waals surface area contributed by atoms with E-state index in [9.17, 15) is 4.79 Å². The second kappa shape index (κ2) is 7.45. The van der Waals surface area contributed by atoms with Crippen molar-refractivity contribution < 1.29 is 9.90 Å². The molecule has 5 heteroatoms. The molecule has 0 aliphatic heterocycles. The smallest absolute Gasteiger partial charge is 0.254 e. The molecule has 0 aliphatic rings. The molecule has 0 aliphatic carbocycles. The summed E-state index contributed by atoms with van der Waals surface area (Å²) in [5, 5.41) is 15.7. The van der Waals surface area contributed by atoms with E-state index in [1.807, 2.05) is 30.3 Å². The zero-order chi connectivity index (χ0) is 14.2. The van der Waals surface area contributed by atoms with Crippen LogP contribution in [0.25, 0.3) is 5.69 Å². The first-order valence-electron chi connectivity index (χ1n) is 6.80. The van der Waals surface area contributed by atoms with Gasteiger partial charge in [-0.1, -0.05) is 18.2 Å². The van der Waals surface area contributed by atoms with E-state index in [1.165, 1.54) is 0 Å². The Morgan fingerprint density at radius 3 is 2.75 bits per heavy atom. The van der Waals surface area contributed by atoms with Crippen molar-refractivity contribution in [3.05, 3.63) is 48.3 Å². The molecule has 0 saturated carbocycles. The van der Waals surface area contributed by atoms with Crippen LogP contribution in [-0.2, 0) is 0 Å². The molecule has 5 nitrogen and oxygen atoms in total. The molecule has 2 N–H and O–H groups in total. The van der Waals surface area contributed by atoms with Gasteiger partial charge in [-0.15, -0.1) is 0 Å². The SMILES string of the molecule is O=C(NCCCCCO)c1cnn(-c2ccccc2)c1. The van der Waals surface area contributed by atoms with Crippen LogP contribution in [0.3, 0.4) is 0 Å². The van der Waals surface area contributed by atoms with Gasteiger partial charge in [0.15, 0.2) is 0 Å². The quantitative estimate of drug-likeness (QED) is 0.755. The number of rotatable bonds is 7. The van der Waals surface area contributed by atoms with E-state index in [2.05, 4.69) is 10.4 Å². The molecular formula is C15H19N3O2. The third-order valence-corrected chi connectivity index (χ3v) is 2.99. The van der Waals surface area contributed by atoms with Gasteiger partial charge < -0.3 is 10.4 Å². The number of para-hydroxylation sites is 1. The van der Waals surface area contributed by atoms with Gasteiger partial charge in [0.1, 0.15) is 0 Å². The highest BCUT2D eigenvalue weighted by molar-refractivity contribution is 5.93. The van der Waals surface area contributed by atoms with Crippen LogP contribution in [-0.4, -0.2) is 33.9 Å². The average Bonchev–Trinajstić information content (AvgIpc) is 2.98.